The molecule has 4 rings (SSSR count). The maximum absolute atomic E-state index is 12.5. The van der Waals surface area contributed by atoms with Gasteiger partial charge in [-0.2, -0.15) is 0 Å². The number of carbonyl (C=O) groups excluding carboxylic acids is 1. The Kier molecular flexibility index (Phi) is 13.9. The fourth-order valence-electron chi connectivity index (χ4n) is 6.20. The monoisotopic (exact) mass is 625 g/mol. The number of carbonyl (C=O) groups is 1. The van der Waals surface area contributed by atoms with E-state index in [-0.39, 0.29) is 11.4 Å². The van der Waals surface area contributed by atoms with E-state index in [1.807, 2.05) is 0 Å². The number of benzene rings is 2. The first kappa shape index (κ1) is 35.4. The van der Waals surface area contributed by atoms with Crippen LogP contribution in [0.15, 0.2) is 48.5 Å². The molecule has 0 saturated heterocycles. The molecule has 0 unspecified atom stereocenters. The van der Waals surface area contributed by atoms with Gasteiger partial charge in [-0.1, -0.05) is 127 Å². The Hall–Kier alpha value is -3.41. The molecule has 0 fully saturated rings. The zero-order valence-corrected chi connectivity index (χ0v) is 29.4. The van der Waals surface area contributed by atoms with Gasteiger partial charge in [-0.3, -0.25) is 4.79 Å². The van der Waals surface area contributed by atoms with Crippen LogP contribution in [0.3, 0.4) is 0 Å². The van der Waals surface area contributed by atoms with Crippen molar-refractivity contribution in [1.29, 1.82) is 0 Å². The van der Waals surface area contributed by atoms with Crippen molar-refractivity contribution in [2.75, 3.05) is 5.32 Å². The quantitative estimate of drug-likeness (QED) is 0.0959. The molecule has 0 atom stereocenters. The lowest BCUT2D eigenvalue weighted by Crippen LogP contribution is -2.26. The molecule has 0 aliphatic heterocycles. The van der Waals surface area contributed by atoms with Gasteiger partial charge in [0.1, 0.15) is 11.3 Å². The maximum atomic E-state index is 12.5. The number of amides is 1. The zero-order valence-electron chi connectivity index (χ0n) is 29.4. The van der Waals surface area contributed by atoms with E-state index in [1.165, 1.54) is 63.4 Å². The summed E-state index contributed by atoms with van der Waals surface area (Å²) in [4.78, 5) is 22.7. The normalized spacial score (nSPS) is 11.8. The third-order valence-corrected chi connectivity index (χ3v) is 8.77. The topological polar surface area (TPSA) is 71.8 Å². The molecule has 0 aliphatic rings. The molecule has 0 spiro atoms. The highest BCUT2D eigenvalue weighted by Crippen LogP contribution is 2.32. The number of pyridine rings is 1. The number of nitrogens with one attached hydrogen (secondary N) is 2. The Bertz CT molecular complexity index is 1500. The Balaban J connectivity index is 1.34. The van der Waals surface area contributed by atoms with Crippen molar-refractivity contribution >= 4 is 33.7 Å². The molecule has 0 aliphatic carbocycles. The van der Waals surface area contributed by atoms with Crippen LogP contribution in [-0.2, 0) is 24.3 Å². The number of aryl methyl sites for hydroxylation is 1. The lowest BCUT2D eigenvalue weighted by atomic mass is 10.1. The van der Waals surface area contributed by atoms with E-state index in [4.69, 9.17) is 9.97 Å². The number of fused-ring (bicyclic) bond motifs is 3. The largest absolute Gasteiger partial charge is 0.364 e. The predicted molar refractivity (Wildman–Crippen MR) is 195 cm³/mol. The first-order chi connectivity index (χ1) is 22.3. The second-order valence-electron chi connectivity index (χ2n) is 14.1. The van der Waals surface area contributed by atoms with Crippen LogP contribution in [0, 0.1) is 0 Å². The second kappa shape index (κ2) is 18.1. The number of aromatic nitrogens is 3. The molecule has 2 heterocycles. The van der Waals surface area contributed by atoms with Gasteiger partial charge in [-0.25, -0.2) is 9.97 Å². The van der Waals surface area contributed by atoms with Crippen molar-refractivity contribution in [3.63, 3.8) is 0 Å². The van der Waals surface area contributed by atoms with Crippen molar-refractivity contribution in [3.05, 3.63) is 65.5 Å². The molecule has 2 aromatic heterocycles. The lowest BCUT2D eigenvalue weighted by Gasteiger charge is -2.22. The van der Waals surface area contributed by atoms with Crippen LogP contribution < -0.4 is 10.6 Å². The van der Waals surface area contributed by atoms with Gasteiger partial charge in [0.15, 0.2) is 5.82 Å². The average molecular weight is 626 g/mol. The summed E-state index contributed by atoms with van der Waals surface area (Å²) >= 11 is 0. The summed E-state index contributed by atoms with van der Waals surface area (Å²) in [6.45, 7) is 12.3. The molecule has 2 N–H and O–H groups in total. The average Bonchev–Trinajstić information content (AvgIpc) is 3.40. The molecular weight excluding hydrogens is 566 g/mol. The lowest BCUT2D eigenvalue weighted by molar-refractivity contribution is -0.121. The van der Waals surface area contributed by atoms with Crippen molar-refractivity contribution in [2.24, 2.45) is 0 Å². The van der Waals surface area contributed by atoms with Crippen LogP contribution in [-0.4, -0.2) is 26.0 Å². The van der Waals surface area contributed by atoms with Crippen LogP contribution in [0.1, 0.15) is 141 Å². The first-order valence-corrected chi connectivity index (χ1v) is 18.2. The molecule has 1 amide bonds. The van der Waals surface area contributed by atoms with E-state index in [0.29, 0.717) is 13.0 Å². The summed E-state index contributed by atoms with van der Waals surface area (Å²) in [6, 6.07) is 17.1. The molecular formula is C40H59N5O. The minimum absolute atomic E-state index is 0.131. The van der Waals surface area contributed by atoms with E-state index in [9.17, 15) is 4.79 Å². The Morgan fingerprint density at radius 3 is 2.00 bits per heavy atom. The number of nitrogens with zero attached hydrogens (tertiary/aromatic N) is 3. The third kappa shape index (κ3) is 10.8. The molecule has 6 heteroatoms. The van der Waals surface area contributed by atoms with Gasteiger partial charge >= 0.3 is 0 Å². The molecule has 46 heavy (non-hydrogen) atoms. The van der Waals surface area contributed by atoms with Crippen molar-refractivity contribution in [1.82, 2.24) is 19.9 Å². The molecule has 0 bridgehead atoms. The smallest absolute Gasteiger partial charge is 0.220 e. The summed E-state index contributed by atoms with van der Waals surface area (Å²) in [5, 5.41) is 7.88. The van der Waals surface area contributed by atoms with E-state index >= 15 is 0 Å². The minimum Gasteiger partial charge on any atom is -0.364 e. The number of hydrogen-bond acceptors (Lipinski definition) is 4. The van der Waals surface area contributed by atoms with E-state index in [1.54, 1.807) is 0 Å². The molecule has 0 radical (unpaired) electrons. The maximum Gasteiger partial charge on any atom is 0.220 e. The predicted octanol–water partition coefficient (Wildman–Crippen LogP) is 10.5. The van der Waals surface area contributed by atoms with Crippen LogP contribution in [0.5, 0.6) is 0 Å². The van der Waals surface area contributed by atoms with Crippen molar-refractivity contribution in [2.45, 2.75) is 150 Å². The zero-order chi connectivity index (χ0) is 32.8. The molecule has 2 aromatic carbocycles. The van der Waals surface area contributed by atoms with Gasteiger partial charge in [0.25, 0.3) is 0 Å². The molecule has 4 aromatic rings. The molecule has 0 saturated carbocycles. The number of para-hydroxylation sites is 1. The first-order valence-electron chi connectivity index (χ1n) is 18.2. The highest BCUT2D eigenvalue weighted by Gasteiger charge is 2.21. The number of anilines is 1. The summed E-state index contributed by atoms with van der Waals surface area (Å²) in [7, 11) is 0. The van der Waals surface area contributed by atoms with Crippen LogP contribution in [0.2, 0.25) is 0 Å². The van der Waals surface area contributed by atoms with Gasteiger partial charge < -0.3 is 15.2 Å². The van der Waals surface area contributed by atoms with Crippen molar-refractivity contribution < 1.29 is 4.79 Å². The molecule has 6 nitrogen and oxygen atoms in total. The minimum atomic E-state index is -0.131. The Morgan fingerprint density at radius 2 is 1.35 bits per heavy atom. The number of rotatable bonds is 20. The van der Waals surface area contributed by atoms with Crippen LogP contribution >= 0.6 is 0 Å². The van der Waals surface area contributed by atoms with Gasteiger partial charge in [0.05, 0.1) is 11.0 Å². The van der Waals surface area contributed by atoms with Crippen LogP contribution in [0.4, 0.5) is 5.82 Å². The second-order valence-corrected chi connectivity index (χ2v) is 14.1. The molecule has 250 valence electrons. The van der Waals surface area contributed by atoms with Gasteiger partial charge in [-0.15, -0.1) is 0 Å². The van der Waals surface area contributed by atoms with E-state index < -0.39 is 0 Å². The summed E-state index contributed by atoms with van der Waals surface area (Å²) in [5.74, 6) is 2.10. The van der Waals surface area contributed by atoms with Crippen molar-refractivity contribution in [3.8, 4) is 0 Å². The Morgan fingerprint density at radius 1 is 0.739 bits per heavy atom. The van der Waals surface area contributed by atoms with E-state index in [0.717, 1.165) is 77.8 Å². The summed E-state index contributed by atoms with van der Waals surface area (Å²) < 4.78 is 2.40. The number of imidazole rings is 1. The van der Waals surface area contributed by atoms with Gasteiger partial charge in [0, 0.05) is 36.9 Å². The summed E-state index contributed by atoms with van der Waals surface area (Å²) in [6.07, 6.45) is 18.0. The SMILES string of the molecule is CCCCCCCCCCCCCC(=O)NCc1ccc(Cn2c(CCCC)nc3c(NC(C)(C)C)nc4ccccc4c32)cc1. The van der Waals surface area contributed by atoms with Gasteiger partial charge in [-0.05, 0) is 50.8 Å². The highest BCUT2D eigenvalue weighted by molar-refractivity contribution is 6.07. The summed E-state index contributed by atoms with van der Waals surface area (Å²) in [5.41, 5.74) is 5.28. The van der Waals surface area contributed by atoms with Crippen LogP contribution in [0.25, 0.3) is 21.9 Å². The highest BCUT2D eigenvalue weighted by atomic mass is 16.1. The van der Waals surface area contributed by atoms with Gasteiger partial charge in [0.2, 0.25) is 5.91 Å². The van der Waals surface area contributed by atoms with E-state index in [2.05, 4.69) is 98.4 Å². The number of hydrogen-bond donors (Lipinski definition) is 2. The fraction of sp³-hybridized carbons (Fsp3) is 0.575. The number of unbranched alkanes of at least 4 members (excludes halogenated alkanes) is 11. The fourth-order valence-corrected chi connectivity index (χ4v) is 6.20. The Labute approximate surface area is 278 Å². The standard InChI is InChI=1S/C40H59N5O/c1-6-8-10-11-12-13-14-15-16-17-18-24-36(46)41-29-31-25-27-32(28-26-31)30-45-35(23-9-7-2)43-37-38(45)33-21-19-20-22-34(33)42-39(37)44-40(3,4)5/h19-22,25-28H,6-18,23-24,29-30H2,1-5H3,(H,41,46)(H,42,44). The third-order valence-electron chi connectivity index (χ3n) is 8.77.